The van der Waals surface area contributed by atoms with Gasteiger partial charge >= 0.3 is 0 Å². The highest BCUT2D eigenvalue weighted by molar-refractivity contribution is 5.84. The topological polar surface area (TPSA) is 53.1 Å². The fourth-order valence-electron chi connectivity index (χ4n) is 3.68. The van der Waals surface area contributed by atoms with Crippen molar-refractivity contribution in [1.29, 1.82) is 0 Å². The van der Waals surface area contributed by atoms with Crippen molar-refractivity contribution in [2.45, 2.75) is 25.9 Å². The molecule has 0 N–H and O–H groups in total. The molecule has 2 aliphatic heterocycles. The molecule has 2 amide bonds. The quantitative estimate of drug-likeness (QED) is 0.719. The van der Waals surface area contributed by atoms with Gasteiger partial charge in [0.1, 0.15) is 0 Å². The summed E-state index contributed by atoms with van der Waals surface area (Å²) in [7, 11) is 0. The number of carbonyl (C=O) groups excluding carboxylic acids is 2. The second kappa shape index (κ2) is 10.4. The highest BCUT2D eigenvalue weighted by Crippen LogP contribution is 2.14. The summed E-state index contributed by atoms with van der Waals surface area (Å²) in [5, 5.41) is 0. The predicted molar refractivity (Wildman–Crippen MR) is 110 cm³/mol. The Labute approximate surface area is 167 Å². The van der Waals surface area contributed by atoms with Crippen LogP contribution in [0.3, 0.4) is 0 Å². The molecule has 2 heterocycles. The molecule has 28 heavy (non-hydrogen) atoms. The van der Waals surface area contributed by atoms with Gasteiger partial charge in [-0.1, -0.05) is 42.5 Å². The van der Waals surface area contributed by atoms with Gasteiger partial charge in [0.05, 0.1) is 12.6 Å². The molecular formula is C22H31N3O3. The van der Waals surface area contributed by atoms with E-state index in [0.29, 0.717) is 19.6 Å². The minimum Gasteiger partial charge on any atom is -0.376 e. The minimum atomic E-state index is -0.0615. The number of hydrogen-bond acceptors (Lipinski definition) is 4. The summed E-state index contributed by atoms with van der Waals surface area (Å²) in [4.78, 5) is 30.4. The Balaban J connectivity index is 1.41. The van der Waals surface area contributed by atoms with Crippen molar-refractivity contribution in [2.24, 2.45) is 0 Å². The lowest BCUT2D eigenvalue weighted by Gasteiger charge is -2.35. The fraction of sp³-hybridized carbons (Fsp3) is 0.545. The van der Waals surface area contributed by atoms with E-state index >= 15 is 0 Å². The largest absolute Gasteiger partial charge is 0.376 e. The second-order valence-corrected chi connectivity index (χ2v) is 7.53. The van der Waals surface area contributed by atoms with Gasteiger partial charge in [-0.3, -0.25) is 14.5 Å². The van der Waals surface area contributed by atoms with Crippen molar-refractivity contribution in [3.63, 3.8) is 0 Å². The molecule has 6 heteroatoms. The first-order valence-corrected chi connectivity index (χ1v) is 10.2. The summed E-state index contributed by atoms with van der Waals surface area (Å²) < 4.78 is 5.61. The van der Waals surface area contributed by atoms with Gasteiger partial charge in [-0.15, -0.1) is 0 Å². The van der Waals surface area contributed by atoms with Crippen molar-refractivity contribution in [3.05, 3.63) is 42.0 Å². The van der Waals surface area contributed by atoms with E-state index in [1.165, 1.54) is 12.5 Å². The molecule has 152 valence electrons. The molecule has 0 bridgehead atoms. The maximum atomic E-state index is 12.7. The third-order valence-corrected chi connectivity index (χ3v) is 5.42. The molecule has 1 aromatic rings. The van der Waals surface area contributed by atoms with E-state index in [1.807, 2.05) is 23.1 Å². The molecule has 0 saturated carbocycles. The summed E-state index contributed by atoms with van der Waals surface area (Å²) in [5.74, 6) is -0.0267. The van der Waals surface area contributed by atoms with Crippen LogP contribution in [0.5, 0.6) is 0 Å². The third-order valence-electron chi connectivity index (χ3n) is 5.42. The SMILES string of the molecule is CC(=O)N(CC(=O)N1CCN(C/C=C/c2ccccc2)CC1)CC1CCCO1. The Morgan fingerprint density at radius 3 is 2.57 bits per heavy atom. The van der Waals surface area contributed by atoms with Crippen molar-refractivity contribution >= 4 is 17.9 Å². The summed E-state index contributed by atoms with van der Waals surface area (Å²) in [6.07, 6.45) is 6.38. The summed E-state index contributed by atoms with van der Waals surface area (Å²) in [5.41, 5.74) is 1.20. The van der Waals surface area contributed by atoms with Gasteiger partial charge in [-0.2, -0.15) is 0 Å². The molecule has 6 nitrogen and oxygen atoms in total. The van der Waals surface area contributed by atoms with Gasteiger partial charge in [0, 0.05) is 52.8 Å². The lowest BCUT2D eigenvalue weighted by molar-refractivity contribution is -0.141. The molecule has 2 aliphatic rings. The molecule has 0 aromatic heterocycles. The van der Waals surface area contributed by atoms with Crippen LogP contribution in [0, 0.1) is 0 Å². The predicted octanol–water partition coefficient (Wildman–Crippen LogP) is 1.87. The zero-order chi connectivity index (χ0) is 19.8. The van der Waals surface area contributed by atoms with E-state index < -0.39 is 0 Å². The lowest BCUT2D eigenvalue weighted by Crippen LogP contribution is -2.52. The highest BCUT2D eigenvalue weighted by atomic mass is 16.5. The van der Waals surface area contributed by atoms with Crippen molar-refractivity contribution in [1.82, 2.24) is 14.7 Å². The number of rotatable bonds is 7. The molecule has 2 fully saturated rings. The smallest absolute Gasteiger partial charge is 0.242 e. The molecule has 0 radical (unpaired) electrons. The van der Waals surface area contributed by atoms with Crippen LogP contribution in [-0.2, 0) is 14.3 Å². The Morgan fingerprint density at radius 2 is 1.93 bits per heavy atom. The van der Waals surface area contributed by atoms with E-state index in [9.17, 15) is 9.59 Å². The molecule has 2 saturated heterocycles. The van der Waals surface area contributed by atoms with Gasteiger partial charge in [0.25, 0.3) is 0 Å². The molecule has 1 atom stereocenters. The monoisotopic (exact) mass is 385 g/mol. The molecule has 1 aromatic carbocycles. The van der Waals surface area contributed by atoms with Crippen LogP contribution in [0.15, 0.2) is 36.4 Å². The second-order valence-electron chi connectivity index (χ2n) is 7.53. The zero-order valence-corrected chi connectivity index (χ0v) is 16.8. The average Bonchev–Trinajstić information content (AvgIpc) is 3.22. The summed E-state index contributed by atoms with van der Waals surface area (Å²) in [6.45, 7) is 6.98. The maximum Gasteiger partial charge on any atom is 0.242 e. The van der Waals surface area contributed by atoms with Gasteiger partial charge < -0.3 is 14.5 Å². The Hall–Kier alpha value is -2.18. The first-order valence-electron chi connectivity index (χ1n) is 10.2. The maximum absolute atomic E-state index is 12.7. The van der Waals surface area contributed by atoms with Gasteiger partial charge in [0.15, 0.2) is 0 Å². The van der Waals surface area contributed by atoms with Crippen LogP contribution in [-0.4, -0.2) is 85.0 Å². The number of amides is 2. The molecule has 0 aliphatic carbocycles. The molecule has 3 rings (SSSR count). The van der Waals surface area contributed by atoms with Crippen LogP contribution >= 0.6 is 0 Å². The fourth-order valence-corrected chi connectivity index (χ4v) is 3.68. The van der Waals surface area contributed by atoms with Crippen LogP contribution in [0.25, 0.3) is 6.08 Å². The van der Waals surface area contributed by atoms with Gasteiger partial charge in [-0.05, 0) is 18.4 Å². The zero-order valence-electron chi connectivity index (χ0n) is 16.8. The molecule has 0 spiro atoms. The van der Waals surface area contributed by atoms with E-state index in [0.717, 1.165) is 39.1 Å². The van der Waals surface area contributed by atoms with E-state index in [1.54, 1.807) is 4.90 Å². The number of ether oxygens (including phenoxy) is 1. The van der Waals surface area contributed by atoms with Gasteiger partial charge in [-0.25, -0.2) is 0 Å². The number of nitrogens with zero attached hydrogens (tertiary/aromatic N) is 3. The Morgan fingerprint density at radius 1 is 1.18 bits per heavy atom. The van der Waals surface area contributed by atoms with Crippen molar-refractivity contribution < 1.29 is 14.3 Å². The molecule has 1 unspecified atom stereocenters. The van der Waals surface area contributed by atoms with E-state index in [4.69, 9.17) is 4.74 Å². The van der Waals surface area contributed by atoms with E-state index in [2.05, 4.69) is 29.2 Å². The number of carbonyl (C=O) groups is 2. The van der Waals surface area contributed by atoms with Crippen molar-refractivity contribution in [2.75, 3.05) is 52.4 Å². The van der Waals surface area contributed by atoms with Crippen LogP contribution in [0.2, 0.25) is 0 Å². The summed E-state index contributed by atoms with van der Waals surface area (Å²) >= 11 is 0. The van der Waals surface area contributed by atoms with Crippen LogP contribution < -0.4 is 0 Å². The van der Waals surface area contributed by atoms with Crippen LogP contribution in [0.4, 0.5) is 0 Å². The average molecular weight is 386 g/mol. The van der Waals surface area contributed by atoms with Crippen LogP contribution in [0.1, 0.15) is 25.3 Å². The highest BCUT2D eigenvalue weighted by Gasteiger charge is 2.26. The number of hydrogen-bond donors (Lipinski definition) is 0. The standard InChI is InChI=1S/C22H31N3O3/c1-19(26)25(17-21-10-6-16-28-21)18-22(27)24-14-12-23(13-15-24)11-5-9-20-7-3-2-4-8-20/h2-5,7-9,21H,6,10-18H2,1H3/b9-5+. The van der Waals surface area contributed by atoms with Crippen molar-refractivity contribution in [3.8, 4) is 0 Å². The van der Waals surface area contributed by atoms with Gasteiger partial charge in [0.2, 0.25) is 11.8 Å². The first kappa shape index (κ1) is 20.6. The van der Waals surface area contributed by atoms with E-state index in [-0.39, 0.29) is 24.5 Å². The number of benzene rings is 1. The molecular weight excluding hydrogens is 354 g/mol. The normalized spacial score (nSPS) is 20.6. The Kier molecular flexibility index (Phi) is 7.62. The first-order chi connectivity index (χ1) is 13.6. The summed E-state index contributed by atoms with van der Waals surface area (Å²) in [6, 6.07) is 10.3. The minimum absolute atomic E-state index is 0.0349. The number of piperazine rings is 1. The lowest BCUT2D eigenvalue weighted by atomic mass is 10.2. The Bertz CT molecular complexity index is 663. The third kappa shape index (κ3) is 6.17.